The van der Waals surface area contributed by atoms with Crippen LogP contribution in [-0.2, 0) is 26.2 Å². The number of rotatable bonds is 7. The quantitative estimate of drug-likeness (QED) is 0.509. The molecule has 3 amide bonds. The summed E-state index contributed by atoms with van der Waals surface area (Å²) in [6.07, 6.45) is 4.10. The summed E-state index contributed by atoms with van der Waals surface area (Å²) in [7, 11) is 0. The second kappa shape index (κ2) is 9.69. The van der Waals surface area contributed by atoms with Crippen molar-refractivity contribution >= 4 is 46.6 Å². The van der Waals surface area contributed by atoms with E-state index in [-0.39, 0.29) is 30.2 Å². The highest BCUT2D eigenvalue weighted by Gasteiger charge is 2.63. The maximum absolute atomic E-state index is 13.9. The molecular formula is C27H30Cl2N4O3. The lowest BCUT2D eigenvalue weighted by molar-refractivity contribution is -0.136. The van der Waals surface area contributed by atoms with Crippen LogP contribution in [0.15, 0.2) is 42.5 Å². The second-order valence-corrected chi connectivity index (χ2v) is 11.1. The van der Waals surface area contributed by atoms with E-state index in [0.717, 1.165) is 30.4 Å². The van der Waals surface area contributed by atoms with Gasteiger partial charge in [0.05, 0.1) is 12.0 Å². The summed E-state index contributed by atoms with van der Waals surface area (Å²) in [6, 6.07) is 13.1. The summed E-state index contributed by atoms with van der Waals surface area (Å²) < 4.78 is 0. The Hall–Kier alpha value is -2.61. The van der Waals surface area contributed by atoms with E-state index < -0.39 is 11.0 Å². The molecule has 0 bridgehead atoms. The number of nitrogens with one attached hydrogen (secondary N) is 2. The van der Waals surface area contributed by atoms with Crippen molar-refractivity contribution in [3.05, 3.63) is 63.6 Å². The molecule has 2 aliphatic heterocycles. The van der Waals surface area contributed by atoms with Gasteiger partial charge in [-0.3, -0.25) is 14.4 Å². The molecule has 1 atom stereocenters. The van der Waals surface area contributed by atoms with Gasteiger partial charge in [-0.2, -0.15) is 0 Å². The Morgan fingerprint density at radius 3 is 2.44 bits per heavy atom. The normalized spacial score (nSPS) is 23.1. The maximum Gasteiger partial charge on any atom is 0.237 e. The van der Waals surface area contributed by atoms with E-state index >= 15 is 0 Å². The minimum Gasteiger partial charge on any atom is -0.369 e. The van der Waals surface area contributed by atoms with E-state index in [9.17, 15) is 14.4 Å². The van der Waals surface area contributed by atoms with Crippen LogP contribution in [0.25, 0.3) is 0 Å². The van der Waals surface area contributed by atoms with E-state index in [0.29, 0.717) is 48.1 Å². The number of hydrogen-bond acceptors (Lipinski definition) is 4. The van der Waals surface area contributed by atoms with Crippen LogP contribution in [0.1, 0.15) is 43.2 Å². The molecule has 9 heteroatoms. The summed E-state index contributed by atoms with van der Waals surface area (Å²) in [5.74, 6) is -0.604. The smallest absolute Gasteiger partial charge is 0.237 e. The number of carbonyl (C=O) groups is 3. The predicted molar refractivity (Wildman–Crippen MR) is 140 cm³/mol. The topological polar surface area (TPSA) is 105 Å². The number of nitrogens with zero attached hydrogens (tertiary/aromatic N) is 1. The third kappa shape index (κ3) is 4.27. The van der Waals surface area contributed by atoms with Crippen LogP contribution >= 0.6 is 23.2 Å². The zero-order valence-electron chi connectivity index (χ0n) is 20.0. The van der Waals surface area contributed by atoms with Crippen molar-refractivity contribution in [1.82, 2.24) is 10.2 Å². The fourth-order valence-corrected chi connectivity index (χ4v) is 6.56. The molecule has 0 spiro atoms. The number of anilines is 1. The van der Waals surface area contributed by atoms with Crippen molar-refractivity contribution in [3.63, 3.8) is 0 Å². The molecule has 5 rings (SSSR count). The molecule has 1 saturated carbocycles. The number of hydrogen-bond donors (Lipinski definition) is 3. The van der Waals surface area contributed by atoms with Crippen molar-refractivity contribution in [2.75, 3.05) is 25.0 Å². The standard InChI is InChI=1S/C27H30Cl2N4O3/c28-19-4-1-3-17(13-19)15-27(21-6-5-20(29)14-22(21)32-25(27)36)26(9-2-10-26)31-16-23(34)33-11-7-18(8-12-33)24(30)35/h1,3-6,13-14,18,31H,2,7-12,15-16H2,(H2,30,35)(H,32,36). The summed E-state index contributed by atoms with van der Waals surface area (Å²) in [5.41, 5.74) is 6.47. The molecule has 190 valence electrons. The van der Waals surface area contributed by atoms with Crippen LogP contribution in [0.3, 0.4) is 0 Å². The molecule has 1 aliphatic carbocycles. The molecule has 2 fully saturated rings. The Morgan fingerprint density at radius 1 is 1.08 bits per heavy atom. The SMILES string of the molecule is NC(=O)C1CCN(C(=O)CNC2(C3(Cc4cccc(Cl)c4)C(=O)Nc4cc(Cl)ccc43)CCC2)CC1. The van der Waals surface area contributed by atoms with Crippen LogP contribution < -0.4 is 16.4 Å². The molecule has 2 aromatic carbocycles. The molecule has 36 heavy (non-hydrogen) atoms. The molecule has 3 aliphatic rings. The number of carbonyl (C=O) groups excluding carboxylic acids is 3. The summed E-state index contributed by atoms with van der Waals surface area (Å²) in [5, 5.41) is 7.79. The van der Waals surface area contributed by atoms with Gasteiger partial charge < -0.3 is 21.3 Å². The van der Waals surface area contributed by atoms with Gasteiger partial charge in [0.1, 0.15) is 0 Å². The van der Waals surface area contributed by atoms with Crippen molar-refractivity contribution in [2.24, 2.45) is 11.7 Å². The number of benzene rings is 2. The number of likely N-dealkylation sites (tertiary alicyclic amines) is 1. The molecule has 2 heterocycles. The highest BCUT2D eigenvalue weighted by molar-refractivity contribution is 6.31. The second-order valence-electron chi connectivity index (χ2n) is 10.2. The largest absolute Gasteiger partial charge is 0.369 e. The van der Waals surface area contributed by atoms with Gasteiger partial charge in [0.2, 0.25) is 17.7 Å². The van der Waals surface area contributed by atoms with Gasteiger partial charge >= 0.3 is 0 Å². The van der Waals surface area contributed by atoms with Crippen molar-refractivity contribution < 1.29 is 14.4 Å². The fourth-order valence-electron chi connectivity index (χ4n) is 6.17. The van der Waals surface area contributed by atoms with Crippen LogP contribution in [-0.4, -0.2) is 47.8 Å². The van der Waals surface area contributed by atoms with E-state index in [1.54, 1.807) is 11.0 Å². The monoisotopic (exact) mass is 528 g/mol. The van der Waals surface area contributed by atoms with E-state index in [4.69, 9.17) is 28.9 Å². The van der Waals surface area contributed by atoms with Crippen molar-refractivity contribution in [1.29, 1.82) is 0 Å². The predicted octanol–water partition coefficient (Wildman–Crippen LogP) is 3.66. The zero-order chi connectivity index (χ0) is 25.5. The number of primary amides is 1. The van der Waals surface area contributed by atoms with Crippen LogP contribution in [0, 0.1) is 5.92 Å². The molecule has 0 aromatic heterocycles. The average Bonchev–Trinajstić information content (AvgIpc) is 3.09. The lowest BCUT2D eigenvalue weighted by Gasteiger charge is -2.54. The van der Waals surface area contributed by atoms with Gasteiger partial charge in [-0.1, -0.05) is 41.4 Å². The van der Waals surface area contributed by atoms with E-state index in [1.807, 2.05) is 36.4 Å². The molecule has 4 N–H and O–H groups in total. The van der Waals surface area contributed by atoms with Crippen LogP contribution in [0.2, 0.25) is 10.0 Å². The number of amides is 3. The third-order valence-electron chi connectivity index (χ3n) is 8.29. The average molecular weight is 529 g/mol. The summed E-state index contributed by atoms with van der Waals surface area (Å²) in [6.45, 7) is 1.14. The summed E-state index contributed by atoms with van der Waals surface area (Å²) in [4.78, 5) is 40.3. The van der Waals surface area contributed by atoms with Crippen molar-refractivity contribution in [2.45, 2.75) is 49.5 Å². The van der Waals surface area contributed by atoms with Gasteiger partial charge in [0.15, 0.2) is 0 Å². The molecular weight excluding hydrogens is 499 g/mol. The number of nitrogens with two attached hydrogens (primary N) is 1. The first-order chi connectivity index (χ1) is 17.2. The number of halogens is 2. The minimum atomic E-state index is -0.922. The third-order valence-corrected chi connectivity index (χ3v) is 8.76. The Bertz CT molecular complexity index is 1210. The van der Waals surface area contributed by atoms with Gasteiger partial charge in [-0.05, 0) is 73.9 Å². The van der Waals surface area contributed by atoms with Gasteiger partial charge in [-0.15, -0.1) is 0 Å². The Labute approximate surface area is 220 Å². The minimum absolute atomic E-state index is 0.0307. The number of piperidine rings is 1. The molecule has 7 nitrogen and oxygen atoms in total. The lowest BCUT2D eigenvalue weighted by atomic mass is 9.54. The molecule has 1 saturated heterocycles. The first-order valence-corrected chi connectivity index (χ1v) is 13.2. The first-order valence-electron chi connectivity index (χ1n) is 12.4. The molecule has 1 unspecified atom stereocenters. The zero-order valence-corrected chi connectivity index (χ0v) is 21.5. The van der Waals surface area contributed by atoms with Crippen molar-refractivity contribution in [3.8, 4) is 0 Å². The van der Waals surface area contributed by atoms with Gasteiger partial charge in [0, 0.05) is 40.3 Å². The molecule has 0 radical (unpaired) electrons. The first kappa shape index (κ1) is 25.1. The Morgan fingerprint density at radius 2 is 1.81 bits per heavy atom. The number of fused-ring (bicyclic) bond motifs is 1. The highest BCUT2D eigenvalue weighted by atomic mass is 35.5. The lowest BCUT2D eigenvalue weighted by Crippen LogP contribution is -2.69. The summed E-state index contributed by atoms with van der Waals surface area (Å²) >= 11 is 12.6. The van der Waals surface area contributed by atoms with Crippen LogP contribution in [0.5, 0.6) is 0 Å². The van der Waals surface area contributed by atoms with E-state index in [1.165, 1.54) is 0 Å². The van der Waals surface area contributed by atoms with Crippen LogP contribution in [0.4, 0.5) is 5.69 Å². The Balaban J connectivity index is 1.44. The van der Waals surface area contributed by atoms with Gasteiger partial charge in [0.25, 0.3) is 0 Å². The highest BCUT2D eigenvalue weighted by Crippen LogP contribution is 2.55. The maximum atomic E-state index is 13.9. The fraction of sp³-hybridized carbons (Fsp3) is 0.444. The molecule has 2 aromatic rings. The Kier molecular flexibility index (Phi) is 6.74. The van der Waals surface area contributed by atoms with Gasteiger partial charge in [-0.25, -0.2) is 0 Å². The van der Waals surface area contributed by atoms with E-state index in [2.05, 4.69) is 10.6 Å².